The fourth-order valence-corrected chi connectivity index (χ4v) is 3.42. The molecule has 0 aromatic carbocycles. The van der Waals surface area contributed by atoms with E-state index in [4.69, 9.17) is 0 Å². The fourth-order valence-electron chi connectivity index (χ4n) is 3.42. The minimum atomic E-state index is 0.0642. The molecule has 1 atom stereocenters. The molecule has 1 aliphatic carbocycles. The molecule has 0 spiro atoms. The smallest absolute Gasteiger partial charge is 0.246 e. The first kappa shape index (κ1) is 16.3. The van der Waals surface area contributed by atoms with Gasteiger partial charge in [0.2, 0.25) is 5.91 Å². The second kappa shape index (κ2) is 7.72. The van der Waals surface area contributed by atoms with Crippen LogP contribution in [0.1, 0.15) is 59.8 Å². The Labute approximate surface area is 119 Å². The molecule has 19 heavy (non-hydrogen) atoms. The Hall–Kier alpha value is -0.790. The first-order valence-corrected chi connectivity index (χ1v) is 7.90. The normalized spacial score (nSPS) is 26.3. The predicted molar refractivity (Wildman–Crippen MR) is 81.9 cm³/mol. The number of carbonyl (C=O) groups is 1. The monoisotopic (exact) mass is 265 g/mol. The molecule has 1 aliphatic rings. The third-order valence-electron chi connectivity index (χ3n) is 4.89. The van der Waals surface area contributed by atoms with E-state index in [0.29, 0.717) is 5.92 Å². The Balaban J connectivity index is 2.60. The van der Waals surface area contributed by atoms with E-state index in [1.165, 1.54) is 25.7 Å². The topological polar surface area (TPSA) is 29.1 Å². The summed E-state index contributed by atoms with van der Waals surface area (Å²) in [6.45, 7) is 8.87. The van der Waals surface area contributed by atoms with Gasteiger partial charge in [-0.3, -0.25) is 4.79 Å². The molecule has 0 heterocycles. The van der Waals surface area contributed by atoms with Gasteiger partial charge in [-0.2, -0.15) is 0 Å². The molecule has 0 aliphatic heterocycles. The van der Waals surface area contributed by atoms with Crippen molar-refractivity contribution in [3.05, 3.63) is 11.6 Å². The lowest BCUT2D eigenvalue weighted by Gasteiger charge is -2.34. The zero-order valence-corrected chi connectivity index (χ0v) is 13.3. The van der Waals surface area contributed by atoms with Crippen molar-refractivity contribution in [2.75, 3.05) is 7.05 Å². The van der Waals surface area contributed by atoms with Crippen LogP contribution in [0.3, 0.4) is 0 Å². The Morgan fingerprint density at radius 3 is 2.16 bits per heavy atom. The number of carbonyl (C=O) groups excluding carboxylic acids is 1. The summed E-state index contributed by atoms with van der Waals surface area (Å²) in [7, 11) is 1.70. The Bertz CT molecular complexity index is 311. The molecule has 0 bridgehead atoms. The summed E-state index contributed by atoms with van der Waals surface area (Å²) in [5.74, 6) is 3.15. The van der Waals surface area contributed by atoms with Crippen LogP contribution in [0.15, 0.2) is 11.6 Å². The average Bonchev–Trinajstić information content (AvgIpc) is 2.43. The molecule has 0 radical (unpaired) electrons. The van der Waals surface area contributed by atoms with Gasteiger partial charge in [-0.25, -0.2) is 0 Å². The number of likely N-dealkylation sites (N-methyl/N-ethyl adjacent to an activating group) is 1. The molecule has 0 aromatic heterocycles. The maximum absolute atomic E-state index is 11.6. The van der Waals surface area contributed by atoms with Crippen LogP contribution in [0.2, 0.25) is 0 Å². The van der Waals surface area contributed by atoms with Crippen molar-refractivity contribution in [3.8, 4) is 0 Å². The van der Waals surface area contributed by atoms with Crippen molar-refractivity contribution in [1.29, 1.82) is 0 Å². The fraction of sp³-hybridized carbons (Fsp3) is 0.824. The van der Waals surface area contributed by atoms with Gasteiger partial charge in [-0.1, -0.05) is 26.8 Å². The van der Waals surface area contributed by atoms with Crippen LogP contribution in [0.5, 0.6) is 0 Å². The van der Waals surface area contributed by atoms with Gasteiger partial charge in [-0.15, -0.1) is 0 Å². The minimum Gasteiger partial charge on any atom is -0.355 e. The number of hydrogen-bond acceptors (Lipinski definition) is 1. The molecule has 1 fully saturated rings. The lowest BCUT2D eigenvalue weighted by molar-refractivity contribution is -0.117. The molecule has 0 saturated heterocycles. The van der Waals surface area contributed by atoms with Crippen LogP contribution < -0.4 is 5.32 Å². The summed E-state index contributed by atoms with van der Waals surface area (Å²) < 4.78 is 0. The molecule has 0 aromatic rings. The largest absolute Gasteiger partial charge is 0.355 e. The number of hydrogen-bond donors (Lipinski definition) is 1. The lowest BCUT2D eigenvalue weighted by atomic mass is 9.71. The molecule has 1 unspecified atom stereocenters. The molecule has 1 amide bonds. The van der Waals surface area contributed by atoms with Crippen molar-refractivity contribution in [3.63, 3.8) is 0 Å². The third-order valence-corrected chi connectivity index (χ3v) is 4.89. The summed E-state index contributed by atoms with van der Waals surface area (Å²) in [5.41, 5.74) is 0.875. The van der Waals surface area contributed by atoms with Gasteiger partial charge >= 0.3 is 0 Å². The van der Waals surface area contributed by atoms with Gasteiger partial charge in [0.05, 0.1) is 0 Å². The maximum atomic E-state index is 11.6. The highest BCUT2D eigenvalue weighted by atomic mass is 16.1. The molecular formula is C17H31NO. The van der Waals surface area contributed by atoms with Crippen LogP contribution in [-0.4, -0.2) is 13.0 Å². The highest BCUT2D eigenvalue weighted by Crippen LogP contribution is 2.38. The molecule has 1 N–H and O–H groups in total. The first-order chi connectivity index (χ1) is 8.99. The maximum Gasteiger partial charge on any atom is 0.246 e. The van der Waals surface area contributed by atoms with Crippen LogP contribution >= 0.6 is 0 Å². The van der Waals surface area contributed by atoms with E-state index < -0.39 is 0 Å². The van der Waals surface area contributed by atoms with Gasteiger partial charge in [0, 0.05) is 12.6 Å². The second-order valence-corrected chi connectivity index (χ2v) is 6.42. The van der Waals surface area contributed by atoms with Gasteiger partial charge in [0.15, 0.2) is 0 Å². The SMILES string of the molecule is CCC(/C=C(\C)C(=O)NC)C1CCC(C(C)C)CC1. The van der Waals surface area contributed by atoms with Crippen molar-refractivity contribution < 1.29 is 4.79 Å². The van der Waals surface area contributed by atoms with E-state index in [-0.39, 0.29) is 5.91 Å². The van der Waals surface area contributed by atoms with Crippen molar-refractivity contribution in [2.24, 2.45) is 23.7 Å². The van der Waals surface area contributed by atoms with E-state index in [1.807, 2.05) is 6.92 Å². The summed E-state index contributed by atoms with van der Waals surface area (Å²) in [6, 6.07) is 0. The highest BCUT2D eigenvalue weighted by Gasteiger charge is 2.27. The number of amides is 1. The van der Waals surface area contributed by atoms with Gasteiger partial charge in [0.1, 0.15) is 0 Å². The first-order valence-electron chi connectivity index (χ1n) is 7.90. The number of allylic oxidation sites excluding steroid dienone is 1. The summed E-state index contributed by atoms with van der Waals surface area (Å²) in [5, 5.41) is 2.71. The molecular weight excluding hydrogens is 234 g/mol. The minimum absolute atomic E-state index is 0.0642. The standard InChI is InChI=1S/C17H31NO/c1-6-14(11-13(4)17(19)18-5)16-9-7-15(8-10-16)12(2)3/h11-12,14-16H,6-10H2,1-5H3,(H,18,19)/b13-11+. The van der Waals surface area contributed by atoms with E-state index in [0.717, 1.165) is 29.7 Å². The Kier molecular flexibility index (Phi) is 6.60. The molecule has 110 valence electrons. The Morgan fingerprint density at radius 1 is 1.21 bits per heavy atom. The van der Waals surface area contributed by atoms with Crippen LogP contribution in [0, 0.1) is 23.7 Å². The van der Waals surface area contributed by atoms with Crippen LogP contribution in [0.4, 0.5) is 0 Å². The molecule has 1 saturated carbocycles. The van der Waals surface area contributed by atoms with Gasteiger partial charge in [-0.05, 0) is 62.7 Å². The van der Waals surface area contributed by atoms with E-state index in [9.17, 15) is 4.79 Å². The van der Waals surface area contributed by atoms with Crippen LogP contribution in [-0.2, 0) is 4.79 Å². The quantitative estimate of drug-likeness (QED) is 0.743. The van der Waals surface area contributed by atoms with Crippen molar-refractivity contribution >= 4 is 5.91 Å². The number of nitrogens with one attached hydrogen (secondary N) is 1. The lowest BCUT2D eigenvalue weighted by Crippen LogP contribution is -2.24. The van der Waals surface area contributed by atoms with E-state index in [1.54, 1.807) is 7.05 Å². The van der Waals surface area contributed by atoms with E-state index in [2.05, 4.69) is 32.2 Å². The summed E-state index contributed by atoms with van der Waals surface area (Å²) in [6.07, 6.45) is 8.75. The van der Waals surface area contributed by atoms with Crippen LogP contribution in [0.25, 0.3) is 0 Å². The number of rotatable bonds is 5. The Morgan fingerprint density at radius 2 is 1.74 bits per heavy atom. The predicted octanol–water partition coefficient (Wildman–Crippen LogP) is 4.17. The highest BCUT2D eigenvalue weighted by molar-refractivity contribution is 5.92. The van der Waals surface area contributed by atoms with Crippen molar-refractivity contribution in [1.82, 2.24) is 5.32 Å². The zero-order valence-electron chi connectivity index (χ0n) is 13.3. The molecule has 2 heteroatoms. The zero-order chi connectivity index (χ0) is 14.4. The van der Waals surface area contributed by atoms with Gasteiger partial charge in [0.25, 0.3) is 0 Å². The van der Waals surface area contributed by atoms with Crippen molar-refractivity contribution in [2.45, 2.75) is 59.8 Å². The summed E-state index contributed by atoms with van der Waals surface area (Å²) in [4.78, 5) is 11.6. The summed E-state index contributed by atoms with van der Waals surface area (Å²) >= 11 is 0. The molecule has 2 nitrogen and oxygen atoms in total. The molecule has 1 rings (SSSR count). The average molecular weight is 265 g/mol. The van der Waals surface area contributed by atoms with E-state index >= 15 is 0 Å². The van der Waals surface area contributed by atoms with Gasteiger partial charge < -0.3 is 5.32 Å². The second-order valence-electron chi connectivity index (χ2n) is 6.42. The third kappa shape index (κ3) is 4.67.